The summed E-state index contributed by atoms with van der Waals surface area (Å²) in [5.41, 5.74) is 1.99. The van der Waals surface area contributed by atoms with Gasteiger partial charge in [-0.05, 0) is 104 Å². The second-order valence-corrected chi connectivity index (χ2v) is 11.9. The summed E-state index contributed by atoms with van der Waals surface area (Å²) < 4.78 is 13.3. The van der Waals surface area contributed by atoms with Crippen LogP contribution in [0, 0.1) is 40.3 Å². The van der Waals surface area contributed by atoms with Crippen LogP contribution in [0.1, 0.15) is 76.9 Å². The highest BCUT2D eigenvalue weighted by molar-refractivity contribution is 5.26. The highest BCUT2D eigenvalue weighted by Crippen LogP contribution is 2.66. The van der Waals surface area contributed by atoms with Crippen molar-refractivity contribution in [3.63, 3.8) is 0 Å². The summed E-state index contributed by atoms with van der Waals surface area (Å²) >= 11 is 0. The van der Waals surface area contributed by atoms with Crippen LogP contribution in [0.25, 0.3) is 0 Å². The largest absolute Gasteiger partial charge is 0.393 e. The van der Waals surface area contributed by atoms with Crippen LogP contribution in [0.15, 0.2) is 35.9 Å². The van der Waals surface area contributed by atoms with E-state index in [1.54, 1.807) is 0 Å². The number of allylic oxidation sites excluding steroid dienone is 1. The fourth-order valence-corrected chi connectivity index (χ4v) is 8.53. The van der Waals surface area contributed by atoms with Crippen LogP contribution in [0.5, 0.6) is 0 Å². The van der Waals surface area contributed by atoms with Crippen LogP contribution < -0.4 is 0 Å². The van der Waals surface area contributed by atoms with Gasteiger partial charge in [0, 0.05) is 0 Å². The highest BCUT2D eigenvalue weighted by atomic mass is 19.1. The Morgan fingerprint density at radius 3 is 2.39 bits per heavy atom. The Hall–Kier alpha value is -1.27. The van der Waals surface area contributed by atoms with Gasteiger partial charge in [0.2, 0.25) is 0 Å². The van der Waals surface area contributed by atoms with E-state index in [2.05, 4.69) is 19.9 Å². The Labute approximate surface area is 196 Å². The maximum Gasteiger partial charge on any atom is 0.123 e. The second kappa shape index (κ2) is 8.44. The van der Waals surface area contributed by atoms with E-state index in [0.29, 0.717) is 23.3 Å². The predicted octanol–water partition coefficient (Wildman–Crippen LogP) is 4.52. The zero-order valence-electron chi connectivity index (χ0n) is 19.8. The monoisotopic (exact) mass is 458 g/mol. The van der Waals surface area contributed by atoms with Crippen LogP contribution in [0.4, 0.5) is 4.39 Å². The number of benzene rings is 1. The normalized spacial score (nSPS) is 43.0. The van der Waals surface area contributed by atoms with Crippen molar-refractivity contribution in [3.8, 4) is 0 Å². The summed E-state index contributed by atoms with van der Waals surface area (Å²) in [5, 5.41) is 43.1. The molecule has 3 saturated carbocycles. The maximum absolute atomic E-state index is 13.3. The molecule has 3 fully saturated rings. The summed E-state index contributed by atoms with van der Waals surface area (Å²) in [6.45, 7) is 4.70. The first-order chi connectivity index (χ1) is 15.6. The van der Waals surface area contributed by atoms with Crippen molar-refractivity contribution >= 4 is 0 Å². The lowest BCUT2D eigenvalue weighted by Crippen LogP contribution is -2.52. The molecule has 182 valence electrons. The highest BCUT2D eigenvalue weighted by Gasteiger charge is 2.60. The van der Waals surface area contributed by atoms with Gasteiger partial charge in [-0.15, -0.1) is 0 Å². The molecule has 1 aromatic rings. The molecule has 0 bridgehead atoms. The number of aliphatic hydroxyl groups is 4. The van der Waals surface area contributed by atoms with Gasteiger partial charge in [0.05, 0.1) is 12.2 Å². The van der Waals surface area contributed by atoms with E-state index < -0.39 is 24.1 Å². The number of hydrogen-bond acceptors (Lipinski definition) is 4. The molecular weight excluding hydrogens is 419 g/mol. The molecule has 0 heterocycles. The molecule has 10 atom stereocenters. The number of aliphatic hydroxyl groups excluding tert-OH is 4. The lowest BCUT2D eigenvalue weighted by atomic mass is 9.47. The van der Waals surface area contributed by atoms with Gasteiger partial charge >= 0.3 is 0 Å². The number of hydrogen-bond donors (Lipinski definition) is 4. The molecule has 0 radical (unpaired) electrons. The standard InChI is InChI=1S/C28H39FO4/c1-27-13-11-19(30)15-17(27)5-8-20-21-9-10-23(28(21,2)14-12-22(20)27)25(32)26(33)24(31)16-3-6-18(29)7-4-16/h3-7,19-26,30-33H,8-15H2,1-2H3/t19-,20-,21?,22?,23?,24-,25-,26-,27-,28-/m0/s1. The molecule has 0 aliphatic heterocycles. The quantitative estimate of drug-likeness (QED) is 0.500. The molecule has 1 aromatic carbocycles. The van der Waals surface area contributed by atoms with Crippen molar-refractivity contribution in [2.45, 2.75) is 89.6 Å². The Balaban J connectivity index is 1.35. The first-order valence-corrected chi connectivity index (χ1v) is 12.8. The van der Waals surface area contributed by atoms with E-state index in [0.717, 1.165) is 51.4 Å². The minimum absolute atomic E-state index is 0.0695. The van der Waals surface area contributed by atoms with E-state index >= 15 is 0 Å². The Bertz CT molecular complexity index is 900. The third-order valence-corrected chi connectivity index (χ3v) is 10.4. The number of rotatable bonds is 4. The topological polar surface area (TPSA) is 80.9 Å². The Kier molecular flexibility index (Phi) is 6.00. The molecule has 0 aromatic heterocycles. The molecule has 3 unspecified atom stereocenters. The van der Waals surface area contributed by atoms with Gasteiger partial charge in [-0.25, -0.2) is 4.39 Å². The van der Waals surface area contributed by atoms with E-state index in [1.807, 2.05) is 0 Å². The van der Waals surface area contributed by atoms with Crippen molar-refractivity contribution in [2.75, 3.05) is 0 Å². The minimum atomic E-state index is -1.30. The average Bonchev–Trinajstić information content (AvgIpc) is 3.15. The molecular formula is C28H39FO4. The molecule has 0 amide bonds. The summed E-state index contributed by atoms with van der Waals surface area (Å²) in [5.74, 6) is 1.22. The fraction of sp³-hybridized carbons (Fsp3) is 0.714. The second-order valence-electron chi connectivity index (χ2n) is 11.9. The van der Waals surface area contributed by atoms with Gasteiger partial charge in [0.15, 0.2) is 0 Å². The lowest BCUT2D eigenvalue weighted by molar-refractivity contribution is -0.122. The summed E-state index contributed by atoms with van der Waals surface area (Å²) in [7, 11) is 0. The van der Waals surface area contributed by atoms with Gasteiger partial charge in [0.1, 0.15) is 18.0 Å². The van der Waals surface area contributed by atoms with E-state index in [4.69, 9.17) is 0 Å². The van der Waals surface area contributed by atoms with Crippen molar-refractivity contribution in [1.29, 1.82) is 0 Å². The van der Waals surface area contributed by atoms with Crippen molar-refractivity contribution in [2.24, 2.45) is 34.5 Å². The first kappa shape index (κ1) is 23.5. The predicted molar refractivity (Wildman–Crippen MR) is 125 cm³/mol. The molecule has 4 N–H and O–H groups in total. The molecule has 4 aliphatic rings. The van der Waals surface area contributed by atoms with E-state index in [-0.39, 0.29) is 22.9 Å². The SMILES string of the molecule is C[C@]12CCC3[C@@H](CC=C4C[C@@H](O)CC[C@@]43C)C1CCC2[C@H](O)[C@@H](O)[C@@H](O)c1ccc(F)cc1. The lowest BCUT2D eigenvalue weighted by Gasteiger charge is -2.58. The Morgan fingerprint density at radius 2 is 1.67 bits per heavy atom. The van der Waals surface area contributed by atoms with E-state index in [9.17, 15) is 24.8 Å². The van der Waals surface area contributed by atoms with Crippen LogP contribution in [0.3, 0.4) is 0 Å². The number of halogens is 1. The molecule has 4 nitrogen and oxygen atoms in total. The first-order valence-electron chi connectivity index (χ1n) is 12.8. The van der Waals surface area contributed by atoms with E-state index in [1.165, 1.54) is 29.8 Å². The molecule has 5 heteroatoms. The maximum atomic E-state index is 13.3. The molecule has 0 saturated heterocycles. The zero-order valence-corrected chi connectivity index (χ0v) is 19.8. The molecule has 33 heavy (non-hydrogen) atoms. The Morgan fingerprint density at radius 1 is 0.939 bits per heavy atom. The average molecular weight is 459 g/mol. The fourth-order valence-electron chi connectivity index (χ4n) is 8.53. The van der Waals surface area contributed by atoms with Gasteiger partial charge in [-0.3, -0.25) is 0 Å². The van der Waals surface area contributed by atoms with Crippen LogP contribution in [-0.4, -0.2) is 38.7 Å². The smallest absolute Gasteiger partial charge is 0.123 e. The number of fused-ring (bicyclic) bond motifs is 5. The van der Waals surface area contributed by atoms with Crippen LogP contribution in [0.2, 0.25) is 0 Å². The van der Waals surface area contributed by atoms with Crippen molar-refractivity contribution < 1.29 is 24.8 Å². The van der Waals surface area contributed by atoms with Gasteiger partial charge in [0.25, 0.3) is 0 Å². The van der Waals surface area contributed by atoms with Gasteiger partial charge in [-0.1, -0.05) is 37.6 Å². The third-order valence-electron chi connectivity index (χ3n) is 10.4. The van der Waals surface area contributed by atoms with Crippen molar-refractivity contribution in [3.05, 3.63) is 47.3 Å². The summed E-state index contributed by atoms with van der Waals surface area (Å²) in [6.07, 6.45) is 6.47. The minimum Gasteiger partial charge on any atom is -0.393 e. The van der Waals surface area contributed by atoms with Crippen LogP contribution >= 0.6 is 0 Å². The molecule has 0 spiro atoms. The van der Waals surface area contributed by atoms with Gasteiger partial charge < -0.3 is 20.4 Å². The summed E-state index contributed by atoms with van der Waals surface area (Å²) in [6, 6.07) is 5.46. The summed E-state index contributed by atoms with van der Waals surface area (Å²) in [4.78, 5) is 0. The van der Waals surface area contributed by atoms with Crippen LogP contribution in [-0.2, 0) is 0 Å². The third kappa shape index (κ3) is 3.71. The molecule has 4 aliphatic carbocycles. The zero-order chi connectivity index (χ0) is 23.5. The van der Waals surface area contributed by atoms with Gasteiger partial charge in [-0.2, -0.15) is 0 Å². The molecule has 5 rings (SSSR count). The van der Waals surface area contributed by atoms with Crippen molar-refractivity contribution in [1.82, 2.24) is 0 Å².